The van der Waals surface area contributed by atoms with Crippen molar-refractivity contribution in [3.05, 3.63) is 41.8 Å². The molecule has 2 aromatic rings. The van der Waals surface area contributed by atoms with E-state index in [0.717, 1.165) is 0 Å². The Morgan fingerprint density at radius 3 is 2.81 bits per heavy atom. The molecule has 1 aromatic carbocycles. The largest absolute Gasteiger partial charge is 0.417 e. The van der Waals surface area contributed by atoms with Crippen LogP contribution >= 0.6 is 0 Å². The molecular formula is C11H4N3O2. The molecular weight excluding hydrogens is 206 g/mol. The Morgan fingerprint density at radius 2 is 2.19 bits per heavy atom. The van der Waals surface area contributed by atoms with E-state index in [0.29, 0.717) is 11.1 Å². The summed E-state index contributed by atoms with van der Waals surface area (Å²) in [5.74, 6) is 0.234. The second-order valence-corrected chi connectivity index (χ2v) is 2.78. The van der Waals surface area contributed by atoms with Crippen LogP contribution in [0.3, 0.4) is 0 Å². The summed E-state index contributed by atoms with van der Waals surface area (Å²) >= 11 is 0. The number of hydrogen-bond acceptors (Lipinski definition) is 5. The van der Waals surface area contributed by atoms with Crippen LogP contribution in [0.15, 0.2) is 28.9 Å². The van der Waals surface area contributed by atoms with Gasteiger partial charge in [-0.15, -0.1) is 0 Å². The number of ether oxygens (including phenoxy) is 1. The maximum absolute atomic E-state index is 8.84. The average molecular weight is 210 g/mol. The van der Waals surface area contributed by atoms with Crippen molar-refractivity contribution in [1.29, 1.82) is 10.5 Å². The first-order valence-corrected chi connectivity index (χ1v) is 4.27. The van der Waals surface area contributed by atoms with Crippen molar-refractivity contribution in [2.24, 2.45) is 0 Å². The molecule has 0 spiro atoms. The standard InChI is InChI=1S/C11H4N3O2/c12-6-8-1-2-9(7-13)10(5-8)16-11-14-3-4-15-11/h1-2,4-5H. The van der Waals surface area contributed by atoms with Crippen LogP contribution in [0.5, 0.6) is 11.8 Å². The minimum atomic E-state index is -0.0217. The first-order valence-electron chi connectivity index (χ1n) is 4.27. The molecule has 0 fully saturated rings. The van der Waals surface area contributed by atoms with E-state index in [9.17, 15) is 0 Å². The van der Waals surface area contributed by atoms with Gasteiger partial charge >= 0.3 is 6.08 Å². The lowest BCUT2D eigenvalue weighted by Crippen LogP contribution is -1.89. The van der Waals surface area contributed by atoms with Gasteiger partial charge in [0.05, 0.1) is 17.2 Å². The lowest BCUT2D eigenvalue weighted by atomic mass is 10.1. The number of nitrogens with zero attached hydrogens (tertiary/aromatic N) is 3. The van der Waals surface area contributed by atoms with Crippen molar-refractivity contribution in [2.75, 3.05) is 0 Å². The number of hydrogen-bond donors (Lipinski definition) is 0. The van der Waals surface area contributed by atoms with Gasteiger partial charge < -0.3 is 9.15 Å². The van der Waals surface area contributed by atoms with Gasteiger partial charge in [-0.3, -0.25) is 0 Å². The van der Waals surface area contributed by atoms with E-state index in [1.54, 1.807) is 0 Å². The topological polar surface area (TPSA) is 82.8 Å². The van der Waals surface area contributed by atoms with Crippen molar-refractivity contribution in [1.82, 2.24) is 4.98 Å². The van der Waals surface area contributed by atoms with Crippen LogP contribution in [0, 0.1) is 28.9 Å². The second-order valence-electron chi connectivity index (χ2n) is 2.78. The Bertz CT molecular complexity index is 576. The molecule has 0 unspecified atom stereocenters. The monoisotopic (exact) mass is 210 g/mol. The Hall–Kier alpha value is -2.79. The number of nitriles is 2. The molecule has 0 aliphatic carbocycles. The molecule has 0 saturated heterocycles. The Balaban J connectivity index is 2.39. The van der Waals surface area contributed by atoms with E-state index in [-0.39, 0.29) is 11.8 Å². The van der Waals surface area contributed by atoms with Gasteiger partial charge in [0.15, 0.2) is 5.75 Å². The summed E-state index contributed by atoms with van der Waals surface area (Å²) in [6.07, 6.45) is 3.64. The highest BCUT2D eigenvalue weighted by molar-refractivity contribution is 5.49. The van der Waals surface area contributed by atoms with Gasteiger partial charge in [-0.1, -0.05) is 0 Å². The Kier molecular flexibility index (Phi) is 2.53. The third-order valence-electron chi connectivity index (χ3n) is 1.80. The summed E-state index contributed by atoms with van der Waals surface area (Å²) in [6, 6.07) is 8.38. The SMILES string of the molecule is N#Cc1ccc(C#N)c(Oc2n[c]co2)c1. The van der Waals surface area contributed by atoms with Crippen molar-refractivity contribution in [3.8, 4) is 24.0 Å². The summed E-state index contributed by atoms with van der Waals surface area (Å²) in [4.78, 5) is 3.64. The molecule has 5 nitrogen and oxygen atoms in total. The highest BCUT2D eigenvalue weighted by Gasteiger charge is 2.08. The van der Waals surface area contributed by atoms with Gasteiger partial charge in [-0.2, -0.15) is 15.5 Å². The average Bonchev–Trinajstić information content (AvgIpc) is 2.82. The summed E-state index contributed by atoms with van der Waals surface area (Å²) in [6.45, 7) is 0. The van der Waals surface area contributed by atoms with Gasteiger partial charge in [-0.05, 0) is 12.1 Å². The molecule has 0 aliphatic heterocycles. The van der Waals surface area contributed by atoms with Crippen molar-refractivity contribution >= 4 is 0 Å². The van der Waals surface area contributed by atoms with Crippen LogP contribution in [0.1, 0.15) is 11.1 Å². The number of oxazole rings is 1. The molecule has 0 saturated carbocycles. The van der Waals surface area contributed by atoms with Gasteiger partial charge in [0.2, 0.25) is 0 Å². The lowest BCUT2D eigenvalue weighted by Gasteiger charge is -2.02. The molecule has 75 valence electrons. The van der Waals surface area contributed by atoms with Crippen LogP contribution in [0.25, 0.3) is 0 Å². The van der Waals surface area contributed by atoms with Crippen LogP contribution in [-0.2, 0) is 0 Å². The maximum atomic E-state index is 8.84. The van der Waals surface area contributed by atoms with E-state index in [4.69, 9.17) is 19.7 Å². The fourth-order valence-corrected chi connectivity index (χ4v) is 1.09. The molecule has 2 rings (SSSR count). The summed E-state index contributed by atoms with van der Waals surface area (Å²) in [5.41, 5.74) is 0.696. The first kappa shape index (κ1) is 9.75. The van der Waals surface area contributed by atoms with E-state index in [1.807, 2.05) is 12.1 Å². The summed E-state index contributed by atoms with van der Waals surface area (Å²) in [5, 5.41) is 17.6. The maximum Gasteiger partial charge on any atom is 0.399 e. The molecule has 5 heteroatoms. The molecule has 0 N–H and O–H groups in total. The van der Waals surface area contributed by atoms with E-state index in [1.165, 1.54) is 24.5 Å². The minimum Gasteiger partial charge on any atom is -0.417 e. The van der Waals surface area contributed by atoms with Gasteiger partial charge in [0.25, 0.3) is 0 Å². The predicted molar refractivity (Wildman–Crippen MR) is 51.3 cm³/mol. The number of aromatic nitrogens is 1. The van der Waals surface area contributed by atoms with Crippen molar-refractivity contribution in [2.45, 2.75) is 0 Å². The lowest BCUT2D eigenvalue weighted by molar-refractivity contribution is 0.330. The van der Waals surface area contributed by atoms with Crippen LogP contribution in [-0.4, -0.2) is 4.98 Å². The van der Waals surface area contributed by atoms with E-state index in [2.05, 4.69) is 11.2 Å². The molecule has 0 aliphatic rings. The van der Waals surface area contributed by atoms with Crippen LogP contribution < -0.4 is 4.74 Å². The second kappa shape index (κ2) is 4.16. The third kappa shape index (κ3) is 1.84. The summed E-state index contributed by atoms with van der Waals surface area (Å²) in [7, 11) is 0. The van der Waals surface area contributed by atoms with Crippen LogP contribution in [0.2, 0.25) is 0 Å². The molecule has 1 heterocycles. The van der Waals surface area contributed by atoms with Gasteiger partial charge in [0, 0.05) is 6.07 Å². The van der Waals surface area contributed by atoms with Crippen molar-refractivity contribution < 1.29 is 9.15 Å². The predicted octanol–water partition coefficient (Wildman–Crippen LogP) is 2.01. The molecule has 0 atom stereocenters. The highest BCUT2D eigenvalue weighted by atomic mass is 16.6. The zero-order valence-corrected chi connectivity index (χ0v) is 7.97. The van der Waals surface area contributed by atoms with Crippen molar-refractivity contribution in [3.63, 3.8) is 0 Å². The number of benzene rings is 1. The normalized spacial score (nSPS) is 9.12. The highest BCUT2D eigenvalue weighted by Crippen LogP contribution is 2.24. The number of rotatable bonds is 2. The fraction of sp³-hybridized carbons (Fsp3) is 0. The minimum absolute atomic E-state index is 0.0217. The summed E-state index contributed by atoms with van der Waals surface area (Å²) < 4.78 is 10.0. The van der Waals surface area contributed by atoms with E-state index >= 15 is 0 Å². The molecule has 1 radical (unpaired) electrons. The van der Waals surface area contributed by atoms with E-state index < -0.39 is 0 Å². The zero-order valence-electron chi connectivity index (χ0n) is 7.97. The van der Waals surface area contributed by atoms with Gasteiger partial charge in [-0.25, -0.2) is 0 Å². The third-order valence-corrected chi connectivity index (χ3v) is 1.80. The smallest absolute Gasteiger partial charge is 0.399 e. The molecule has 0 amide bonds. The molecule has 1 aromatic heterocycles. The fourth-order valence-electron chi connectivity index (χ4n) is 1.09. The van der Waals surface area contributed by atoms with Crippen LogP contribution in [0.4, 0.5) is 0 Å². The zero-order chi connectivity index (χ0) is 11.4. The Morgan fingerprint density at radius 1 is 1.31 bits per heavy atom. The van der Waals surface area contributed by atoms with Gasteiger partial charge in [0.1, 0.15) is 18.5 Å². The molecule has 16 heavy (non-hydrogen) atoms. The first-order chi connectivity index (χ1) is 7.83. The quantitative estimate of drug-likeness (QED) is 0.756. The Labute approximate surface area is 91.1 Å². The molecule has 0 bridgehead atoms.